The molecular formula is C14H24N2O4S. The van der Waals surface area contributed by atoms with Crippen LogP contribution in [-0.4, -0.2) is 58.9 Å². The summed E-state index contributed by atoms with van der Waals surface area (Å²) in [5, 5.41) is 11.7. The zero-order chi connectivity index (χ0) is 15.8. The van der Waals surface area contributed by atoms with Crippen molar-refractivity contribution in [3.05, 3.63) is 0 Å². The number of aliphatic carboxylic acids is 1. The van der Waals surface area contributed by atoms with Gasteiger partial charge in [-0.15, -0.1) is 0 Å². The Kier molecular flexibility index (Phi) is 7.56. The standard InChI is InChI=1S/C14H24N2O4S/c1-3-12(17)15-11(6-9-21-2)13(18)16-7-4-10(5-8-16)14(19)20/h10-11H,3-9H2,1-2H3,(H,15,17)(H,19,20). The van der Waals surface area contributed by atoms with Crippen molar-refractivity contribution >= 4 is 29.5 Å². The summed E-state index contributed by atoms with van der Waals surface area (Å²) in [6, 6.07) is -0.494. The van der Waals surface area contributed by atoms with E-state index in [1.807, 2.05) is 6.26 Å². The molecule has 0 radical (unpaired) electrons. The molecule has 1 aliphatic rings. The molecule has 0 aromatic carbocycles. The number of thioether (sulfide) groups is 1. The minimum atomic E-state index is -0.791. The lowest BCUT2D eigenvalue weighted by molar-refractivity contribution is -0.146. The van der Waals surface area contributed by atoms with E-state index < -0.39 is 12.0 Å². The largest absolute Gasteiger partial charge is 0.481 e. The van der Waals surface area contributed by atoms with Gasteiger partial charge in [-0.3, -0.25) is 14.4 Å². The number of nitrogens with one attached hydrogen (secondary N) is 1. The zero-order valence-corrected chi connectivity index (χ0v) is 13.4. The molecule has 1 saturated heterocycles. The average molecular weight is 316 g/mol. The Morgan fingerprint density at radius 3 is 2.43 bits per heavy atom. The molecule has 1 rings (SSSR count). The Bertz CT molecular complexity index is 381. The van der Waals surface area contributed by atoms with Gasteiger partial charge in [-0.2, -0.15) is 11.8 Å². The van der Waals surface area contributed by atoms with Crippen LogP contribution in [0.2, 0.25) is 0 Å². The molecule has 7 heteroatoms. The van der Waals surface area contributed by atoms with Gasteiger partial charge in [0.1, 0.15) is 6.04 Å². The molecule has 6 nitrogen and oxygen atoms in total. The number of carboxylic acid groups (broad SMARTS) is 1. The Hall–Kier alpha value is -1.24. The summed E-state index contributed by atoms with van der Waals surface area (Å²) in [5.41, 5.74) is 0. The van der Waals surface area contributed by atoms with Crippen molar-refractivity contribution < 1.29 is 19.5 Å². The predicted molar refractivity (Wildman–Crippen MR) is 82.2 cm³/mol. The van der Waals surface area contributed by atoms with E-state index in [0.29, 0.717) is 38.8 Å². The van der Waals surface area contributed by atoms with Crippen molar-refractivity contribution in [2.45, 2.75) is 38.6 Å². The molecule has 1 heterocycles. The third kappa shape index (κ3) is 5.57. The lowest BCUT2D eigenvalue weighted by Crippen LogP contribution is -2.51. The molecule has 0 aromatic heterocycles. The van der Waals surface area contributed by atoms with Crippen molar-refractivity contribution in [2.75, 3.05) is 25.1 Å². The summed E-state index contributed by atoms with van der Waals surface area (Å²) in [6.45, 7) is 2.66. The highest BCUT2D eigenvalue weighted by atomic mass is 32.2. The van der Waals surface area contributed by atoms with Gasteiger partial charge in [0.15, 0.2) is 0 Å². The first kappa shape index (κ1) is 17.8. The molecule has 0 bridgehead atoms. The van der Waals surface area contributed by atoms with Gasteiger partial charge in [0.05, 0.1) is 5.92 Å². The molecule has 0 spiro atoms. The van der Waals surface area contributed by atoms with Crippen molar-refractivity contribution in [3.63, 3.8) is 0 Å². The van der Waals surface area contributed by atoms with Gasteiger partial charge < -0.3 is 15.3 Å². The highest BCUT2D eigenvalue weighted by molar-refractivity contribution is 7.98. The second-order valence-corrected chi connectivity index (χ2v) is 6.18. The topological polar surface area (TPSA) is 86.7 Å². The highest BCUT2D eigenvalue weighted by Crippen LogP contribution is 2.18. The summed E-state index contributed by atoms with van der Waals surface area (Å²) in [7, 11) is 0. The number of hydrogen-bond donors (Lipinski definition) is 2. The van der Waals surface area contributed by atoms with E-state index in [1.54, 1.807) is 23.6 Å². The Balaban J connectivity index is 2.59. The number of carbonyl (C=O) groups excluding carboxylic acids is 2. The fourth-order valence-electron chi connectivity index (χ4n) is 2.36. The summed E-state index contributed by atoms with van der Waals surface area (Å²) in [4.78, 5) is 36.6. The van der Waals surface area contributed by atoms with Crippen LogP contribution < -0.4 is 5.32 Å². The van der Waals surface area contributed by atoms with E-state index >= 15 is 0 Å². The number of hydrogen-bond acceptors (Lipinski definition) is 4. The number of rotatable bonds is 7. The molecule has 1 atom stereocenters. The number of amides is 2. The Labute approximate surface area is 129 Å². The highest BCUT2D eigenvalue weighted by Gasteiger charge is 2.30. The quantitative estimate of drug-likeness (QED) is 0.730. The van der Waals surface area contributed by atoms with E-state index in [0.717, 1.165) is 5.75 Å². The first-order chi connectivity index (χ1) is 9.99. The van der Waals surface area contributed by atoms with Crippen molar-refractivity contribution in [1.82, 2.24) is 10.2 Å². The fraction of sp³-hybridized carbons (Fsp3) is 0.786. The van der Waals surface area contributed by atoms with Gasteiger partial charge in [-0.1, -0.05) is 6.92 Å². The van der Waals surface area contributed by atoms with Crippen LogP contribution in [-0.2, 0) is 14.4 Å². The molecule has 0 aromatic rings. The molecule has 2 N–H and O–H groups in total. The molecule has 2 amide bonds. The van der Waals surface area contributed by atoms with E-state index in [-0.39, 0.29) is 17.7 Å². The summed E-state index contributed by atoms with van der Waals surface area (Å²) < 4.78 is 0. The van der Waals surface area contributed by atoms with E-state index in [9.17, 15) is 14.4 Å². The SMILES string of the molecule is CCC(=O)NC(CCSC)C(=O)N1CCC(C(=O)O)CC1. The van der Waals surface area contributed by atoms with Gasteiger partial charge in [0, 0.05) is 19.5 Å². The lowest BCUT2D eigenvalue weighted by Gasteiger charge is -2.33. The zero-order valence-electron chi connectivity index (χ0n) is 12.6. The van der Waals surface area contributed by atoms with Crippen LogP contribution in [0.3, 0.4) is 0 Å². The molecule has 1 unspecified atom stereocenters. The maximum Gasteiger partial charge on any atom is 0.306 e. The fourth-order valence-corrected chi connectivity index (χ4v) is 2.83. The number of nitrogens with zero attached hydrogens (tertiary/aromatic N) is 1. The first-order valence-electron chi connectivity index (χ1n) is 7.29. The van der Waals surface area contributed by atoms with Gasteiger partial charge in [0.2, 0.25) is 11.8 Å². The van der Waals surface area contributed by atoms with Crippen LogP contribution in [0, 0.1) is 5.92 Å². The molecule has 120 valence electrons. The van der Waals surface area contributed by atoms with Gasteiger partial charge >= 0.3 is 5.97 Å². The smallest absolute Gasteiger partial charge is 0.306 e. The van der Waals surface area contributed by atoms with E-state index in [1.165, 1.54) is 0 Å². The number of piperidine rings is 1. The van der Waals surface area contributed by atoms with E-state index in [4.69, 9.17) is 5.11 Å². The molecule has 1 aliphatic heterocycles. The van der Waals surface area contributed by atoms with Crippen LogP contribution in [0.25, 0.3) is 0 Å². The number of carbonyl (C=O) groups is 3. The maximum atomic E-state index is 12.5. The summed E-state index contributed by atoms with van der Waals surface area (Å²) in [5.74, 6) is -0.569. The van der Waals surface area contributed by atoms with Gasteiger partial charge in [0.25, 0.3) is 0 Å². The number of carboxylic acids is 1. The third-order valence-corrected chi connectivity index (χ3v) is 4.36. The van der Waals surface area contributed by atoms with Crippen molar-refractivity contribution in [1.29, 1.82) is 0 Å². The van der Waals surface area contributed by atoms with Crippen molar-refractivity contribution in [2.24, 2.45) is 5.92 Å². The van der Waals surface area contributed by atoms with Crippen LogP contribution in [0.1, 0.15) is 32.6 Å². The van der Waals surface area contributed by atoms with Crippen molar-refractivity contribution in [3.8, 4) is 0 Å². The maximum absolute atomic E-state index is 12.5. The van der Waals surface area contributed by atoms with Gasteiger partial charge in [-0.25, -0.2) is 0 Å². The number of likely N-dealkylation sites (tertiary alicyclic amines) is 1. The summed E-state index contributed by atoms with van der Waals surface area (Å²) in [6.07, 6.45) is 3.88. The molecular weight excluding hydrogens is 292 g/mol. The first-order valence-corrected chi connectivity index (χ1v) is 8.68. The average Bonchev–Trinajstić information content (AvgIpc) is 2.50. The van der Waals surface area contributed by atoms with E-state index in [2.05, 4.69) is 5.32 Å². The lowest BCUT2D eigenvalue weighted by atomic mass is 9.96. The molecule has 21 heavy (non-hydrogen) atoms. The minimum absolute atomic E-state index is 0.0883. The molecule has 0 aliphatic carbocycles. The molecule has 1 fully saturated rings. The van der Waals surface area contributed by atoms with Crippen LogP contribution in [0.4, 0.5) is 0 Å². The monoisotopic (exact) mass is 316 g/mol. The second kappa shape index (κ2) is 8.92. The Morgan fingerprint density at radius 2 is 1.95 bits per heavy atom. The third-order valence-electron chi connectivity index (χ3n) is 3.72. The van der Waals surface area contributed by atoms with Crippen LogP contribution in [0.15, 0.2) is 0 Å². The van der Waals surface area contributed by atoms with Crippen LogP contribution >= 0.6 is 11.8 Å². The minimum Gasteiger partial charge on any atom is -0.481 e. The second-order valence-electron chi connectivity index (χ2n) is 5.19. The van der Waals surface area contributed by atoms with Crippen LogP contribution in [0.5, 0.6) is 0 Å². The Morgan fingerprint density at radius 1 is 1.33 bits per heavy atom. The predicted octanol–water partition coefficient (Wildman–Crippen LogP) is 0.957. The van der Waals surface area contributed by atoms with Gasteiger partial charge in [-0.05, 0) is 31.3 Å². The normalized spacial score (nSPS) is 17.3. The molecule has 0 saturated carbocycles. The summed E-state index contributed by atoms with van der Waals surface area (Å²) >= 11 is 1.63.